The average molecular weight is 301 g/mol. The minimum absolute atomic E-state index is 0.180. The molecule has 1 heterocycles. The lowest BCUT2D eigenvalue weighted by Crippen LogP contribution is -2.17. The third-order valence-corrected chi connectivity index (χ3v) is 3.76. The van der Waals surface area contributed by atoms with Gasteiger partial charge >= 0.3 is 0 Å². The first-order valence-electron chi connectivity index (χ1n) is 7.63. The first kappa shape index (κ1) is 14.9. The summed E-state index contributed by atoms with van der Waals surface area (Å²) in [6, 6.07) is 14.5. The number of ether oxygens (including phenoxy) is 2. The van der Waals surface area contributed by atoms with Gasteiger partial charge in [0.1, 0.15) is 18.2 Å². The molecule has 1 aliphatic rings. The van der Waals surface area contributed by atoms with Crippen LogP contribution in [0.4, 0.5) is 10.1 Å². The first-order valence-corrected chi connectivity index (χ1v) is 7.63. The molecule has 1 atom stereocenters. The average Bonchev–Trinajstić information content (AvgIpc) is 3.06. The zero-order valence-corrected chi connectivity index (χ0v) is 12.4. The Kier molecular flexibility index (Phi) is 4.91. The smallest absolute Gasteiger partial charge is 0.142 e. The second-order valence-electron chi connectivity index (χ2n) is 5.39. The van der Waals surface area contributed by atoms with Crippen LogP contribution in [0.25, 0.3) is 0 Å². The quantitative estimate of drug-likeness (QED) is 0.875. The van der Waals surface area contributed by atoms with Crippen LogP contribution in [0.1, 0.15) is 18.4 Å². The van der Waals surface area contributed by atoms with Gasteiger partial charge in [-0.2, -0.15) is 0 Å². The SMILES string of the molecule is Fc1ccccc1CNc1ccccc1OC[C@@H]1CCCO1. The Morgan fingerprint density at radius 3 is 2.77 bits per heavy atom. The van der Waals surface area contributed by atoms with E-state index in [1.165, 1.54) is 6.07 Å². The molecule has 22 heavy (non-hydrogen) atoms. The Bertz CT molecular complexity index is 612. The standard InChI is InChI=1S/C18H20FNO2/c19-16-8-2-1-6-14(16)12-20-17-9-3-4-10-18(17)22-13-15-7-5-11-21-15/h1-4,6,8-10,15,20H,5,7,11-13H2/t15-/m0/s1. The molecule has 3 nitrogen and oxygen atoms in total. The first-order chi connectivity index (χ1) is 10.8. The topological polar surface area (TPSA) is 30.5 Å². The molecule has 0 bridgehead atoms. The molecule has 1 N–H and O–H groups in total. The molecule has 0 radical (unpaired) electrons. The lowest BCUT2D eigenvalue weighted by atomic mass is 10.2. The van der Waals surface area contributed by atoms with Crippen LogP contribution in [0, 0.1) is 5.82 Å². The fraction of sp³-hybridized carbons (Fsp3) is 0.333. The summed E-state index contributed by atoms with van der Waals surface area (Å²) in [5, 5.41) is 3.24. The molecule has 2 aromatic rings. The van der Waals surface area contributed by atoms with Gasteiger partial charge in [-0.25, -0.2) is 4.39 Å². The van der Waals surface area contributed by atoms with Crippen LogP contribution in [0.2, 0.25) is 0 Å². The Morgan fingerprint density at radius 2 is 1.95 bits per heavy atom. The molecule has 4 heteroatoms. The van der Waals surface area contributed by atoms with Crippen LogP contribution in [0.3, 0.4) is 0 Å². The third-order valence-electron chi connectivity index (χ3n) is 3.76. The van der Waals surface area contributed by atoms with Gasteiger partial charge in [-0.3, -0.25) is 0 Å². The highest BCUT2D eigenvalue weighted by Crippen LogP contribution is 2.25. The van der Waals surface area contributed by atoms with Crippen molar-refractivity contribution in [1.82, 2.24) is 0 Å². The summed E-state index contributed by atoms with van der Waals surface area (Å²) in [5.74, 6) is 0.571. The Hall–Kier alpha value is -2.07. The molecule has 0 unspecified atom stereocenters. The van der Waals surface area contributed by atoms with E-state index in [4.69, 9.17) is 9.47 Å². The molecule has 0 aliphatic carbocycles. The Morgan fingerprint density at radius 1 is 1.14 bits per heavy atom. The van der Waals surface area contributed by atoms with Crippen LogP contribution in [0.5, 0.6) is 5.75 Å². The maximum Gasteiger partial charge on any atom is 0.142 e. The van der Waals surface area contributed by atoms with Gasteiger partial charge in [0.25, 0.3) is 0 Å². The summed E-state index contributed by atoms with van der Waals surface area (Å²) in [6.07, 6.45) is 2.33. The van der Waals surface area contributed by atoms with Gasteiger partial charge in [-0.15, -0.1) is 0 Å². The van der Waals surface area contributed by atoms with Crippen LogP contribution < -0.4 is 10.1 Å². The number of nitrogens with one attached hydrogen (secondary N) is 1. The van der Waals surface area contributed by atoms with Crippen molar-refractivity contribution >= 4 is 5.69 Å². The largest absolute Gasteiger partial charge is 0.489 e. The predicted octanol–water partition coefficient (Wildman–Crippen LogP) is 4.00. The predicted molar refractivity (Wildman–Crippen MR) is 84.6 cm³/mol. The van der Waals surface area contributed by atoms with Crippen LogP contribution in [-0.4, -0.2) is 19.3 Å². The molecule has 1 fully saturated rings. The molecule has 0 saturated carbocycles. The minimum atomic E-state index is -0.201. The van der Waals surface area contributed by atoms with E-state index in [1.807, 2.05) is 30.3 Å². The highest BCUT2D eigenvalue weighted by Gasteiger charge is 2.16. The number of benzene rings is 2. The second-order valence-corrected chi connectivity index (χ2v) is 5.39. The summed E-state index contributed by atoms with van der Waals surface area (Å²) >= 11 is 0. The van der Waals surface area contributed by atoms with E-state index >= 15 is 0 Å². The van der Waals surface area contributed by atoms with E-state index in [0.29, 0.717) is 18.7 Å². The molecule has 1 aliphatic heterocycles. The summed E-state index contributed by atoms with van der Waals surface area (Å²) in [7, 11) is 0. The highest BCUT2D eigenvalue weighted by molar-refractivity contribution is 5.56. The van der Waals surface area contributed by atoms with Gasteiger partial charge in [0, 0.05) is 18.7 Å². The zero-order chi connectivity index (χ0) is 15.2. The molecule has 3 rings (SSSR count). The fourth-order valence-electron chi connectivity index (χ4n) is 2.53. The molecule has 1 saturated heterocycles. The summed E-state index contributed by atoms with van der Waals surface area (Å²) in [4.78, 5) is 0. The summed E-state index contributed by atoms with van der Waals surface area (Å²) in [5.41, 5.74) is 1.50. The number of para-hydroxylation sites is 2. The Labute approximate surface area is 130 Å². The van der Waals surface area contributed by atoms with Gasteiger partial charge < -0.3 is 14.8 Å². The van der Waals surface area contributed by atoms with Crippen molar-refractivity contribution in [2.24, 2.45) is 0 Å². The number of halogens is 1. The molecule has 0 amide bonds. The van der Waals surface area contributed by atoms with E-state index in [1.54, 1.807) is 12.1 Å². The van der Waals surface area contributed by atoms with Crippen molar-refractivity contribution in [3.05, 3.63) is 59.9 Å². The van der Waals surface area contributed by atoms with Crippen molar-refractivity contribution in [3.63, 3.8) is 0 Å². The zero-order valence-electron chi connectivity index (χ0n) is 12.4. The molecule has 0 aromatic heterocycles. The van der Waals surface area contributed by atoms with Gasteiger partial charge in [0.2, 0.25) is 0 Å². The van der Waals surface area contributed by atoms with Gasteiger partial charge in [-0.1, -0.05) is 30.3 Å². The van der Waals surface area contributed by atoms with Crippen molar-refractivity contribution < 1.29 is 13.9 Å². The molecule has 0 spiro atoms. The maximum atomic E-state index is 13.7. The number of hydrogen-bond donors (Lipinski definition) is 1. The molecule has 116 valence electrons. The second kappa shape index (κ2) is 7.27. The molecule has 2 aromatic carbocycles. The van der Waals surface area contributed by atoms with Gasteiger partial charge in [-0.05, 0) is 31.0 Å². The van der Waals surface area contributed by atoms with Crippen LogP contribution in [0.15, 0.2) is 48.5 Å². The summed E-state index contributed by atoms with van der Waals surface area (Å²) in [6.45, 7) is 1.80. The number of anilines is 1. The maximum absolute atomic E-state index is 13.7. The van der Waals surface area contributed by atoms with E-state index in [9.17, 15) is 4.39 Å². The molecular formula is C18H20FNO2. The van der Waals surface area contributed by atoms with E-state index in [-0.39, 0.29) is 11.9 Å². The lowest BCUT2D eigenvalue weighted by Gasteiger charge is -2.16. The van der Waals surface area contributed by atoms with Crippen molar-refractivity contribution in [3.8, 4) is 5.75 Å². The minimum Gasteiger partial charge on any atom is -0.489 e. The van der Waals surface area contributed by atoms with Crippen molar-refractivity contribution in [2.45, 2.75) is 25.5 Å². The number of rotatable bonds is 6. The number of hydrogen-bond acceptors (Lipinski definition) is 3. The van der Waals surface area contributed by atoms with E-state index in [2.05, 4.69) is 5.32 Å². The van der Waals surface area contributed by atoms with Crippen molar-refractivity contribution in [2.75, 3.05) is 18.5 Å². The van der Waals surface area contributed by atoms with Gasteiger partial charge in [0.05, 0.1) is 11.8 Å². The van der Waals surface area contributed by atoms with Crippen LogP contribution in [-0.2, 0) is 11.3 Å². The van der Waals surface area contributed by atoms with E-state index < -0.39 is 0 Å². The van der Waals surface area contributed by atoms with Gasteiger partial charge in [0.15, 0.2) is 0 Å². The normalized spacial score (nSPS) is 17.4. The monoisotopic (exact) mass is 301 g/mol. The third kappa shape index (κ3) is 3.77. The van der Waals surface area contributed by atoms with Crippen molar-refractivity contribution in [1.29, 1.82) is 0 Å². The lowest BCUT2D eigenvalue weighted by molar-refractivity contribution is 0.0682. The Balaban J connectivity index is 1.62. The fourth-order valence-corrected chi connectivity index (χ4v) is 2.53. The highest BCUT2D eigenvalue weighted by atomic mass is 19.1. The molecular weight excluding hydrogens is 281 g/mol. The van der Waals surface area contributed by atoms with Crippen LogP contribution >= 0.6 is 0 Å². The van der Waals surface area contributed by atoms with E-state index in [0.717, 1.165) is 30.9 Å². The summed E-state index contributed by atoms with van der Waals surface area (Å²) < 4.78 is 25.1.